The third-order valence-corrected chi connectivity index (χ3v) is 2.69. The lowest BCUT2D eigenvalue weighted by Crippen LogP contribution is -2.21. The zero-order valence-corrected chi connectivity index (χ0v) is 12.3. The minimum atomic E-state index is 0.120. The zero-order chi connectivity index (χ0) is 13.0. The van der Waals surface area contributed by atoms with E-state index in [1.54, 1.807) is 0 Å². The molecule has 16 heavy (non-hydrogen) atoms. The molecule has 0 atom stereocenters. The summed E-state index contributed by atoms with van der Waals surface area (Å²) < 4.78 is 0. The van der Waals surface area contributed by atoms with Crippen molar-refractivity contribution in [3.63, 3.8) is 0 Å². The van der Waals surface area contributed by atoms with Crippen molar-refractivity contribution in [2.45, 2.75) is 68.2 Å². The number of hydrogen-bond donors (Lipinski definition) is 0. The summed E-state index contributed by atoms with van der Waals surface area (Å²) in [4.78, 5) is 0. The smallest absolute Gasteiger partial charge is 0.0456 e. The topological polar surface area (TPSA) is 24.7 Å². The highest BCUT2D eigenvalue weighted by Crippen LogP contribution is 2.21. The second-order valence-electron chi connectivity index (χ2n) is 6.30. The Morgan fingerprint density at radius 2 is 0.938 bits per heavy atom. The van der Waals surface area contributed by atoms with Gasteiger partial charge >= 0.3 is 0 Å². The highest BCUT2D eigenvalue weighted by molar-refractivity contribution is 5.92. The molecule has 0 aliphatic rings. The first kappa shape index (κ1) is 15.3. The van der Waals surface area contributed by atoms with Gasteiger partial charge in [-0.2, -0.15) is 10.2 Å². The van der Waals surface area contributed by atoms with Gasteiger partial charge in [-0.15, -0.1) is 0 Å². The van der Waals surface area contributed by atoms with Gasteiger partial charge in [0.2, 0.25) is 0 Å². The summed E-state index contributed by atoms with van der Waals surface area (Å²) in [6.07, 6.45) is 1.93. The predicted molar refractivity (Wildman–Crippen MR) is 74.4 cm³/mol. The van der Waals surface area contributed by atoms with Gasteiger partial charge in [-0.3, -0.25) is 0 Å². The summed E-state index contributed by atoms with van der Waals surface area (Å²) >= 11 is 0. The average Bonchev–Trinajstić information content (AvgIpc) is 2.08. The van der Waals surface area contributed by atoms with Gasteiger partial charge in [-0.1, -0.05) is 55.4 Å². The molecule has 2 heteroatoms. The van der Waals surface area contributed by atoms with Gasteiger partial charge < -0.3 is 0 Å². The fourth-order valence-electron chi connectivity index (χ4n) is 1.62. The summed E-state index contributed by atoms with van der Waals surface area (Å²) in [5.41, 5.74) is 2.58. The standard InChI is InChI=1S/C14H28N2/c1-9-11(13(3,4)5)15-16-12(10-2)14(6,7)8/h9-10H2,1-8H3/b15-11-,16-12+. The monoisotopic (exact) mass is 224 g/mol. The molecule has 0 bridgehead atoms. The van der Waals surface area contributed by atoms with Gasteiger partial charge in [0, 0.05) is 22.3 Å². The van der Waals surface area contributed by atoms with Crippen molar-refractivity contribution >= 4 is 11.4 Å². The molecule has 0 unspecified atom stereocenters. The molecule has 0 radical (unpaired) electrons. The van der Waals surface area contributed by atoms with Crippen molar-refractivity contribution in [3.05, 3.63) is 0 Å². The molecule has 0 aliphatic carbocycles. The van der Waals surface area contributed by atoms with Crippen LogP contribution in [0.3, 0.4) is 0 Å². The second kappa shape index (κ2) is 5.60. The van der Waals surface area contributed by atoms with Crippen LogP contribution >= 0.6 is 0 Å². The summed E-state index contributed by atoms with van der Waals surface area (Å²) in [5.74, 6) is 0. The first-order valence-electron chi connectivity index (χ1n) is 6.27. The number of nitrogens with zero attached hydrogens (tertiary/aromatic N) is 2. The van der Waals surface area contributed by atoms with Crippen LogP contribution in [-0.2, 0) is 0 Å². The third kappa shape index (κ3) is 4.91. The maximum absolute atomic E-state index is 4.46. The van der Waals surface area contributed by atoms with E-state index in [2.05, 4.69) is 65.6 Å². The van der Waals surface area contributed by atoms with Gasteiger partial charge in [-0.25, -0.2) is 0 Å². The highest BCUT2D eigenvalue weighted by atomic mass is 15.2. The van der Waals surface area contributed by atoms with E-state index in [1.165, 1.54) is 11.4 Å². The normalized spacial score (nSPS) is 15.5. The fourth-order valence-corrected chi connectivity index (χ4v) is 1.62. The Kier molecular flexibility index (Phi) is 5.37. The molecule has 0 fully saturated rings. The van der Waals surface area contributed by atoms with Crippen molar-refractivity contribution in [1.82, 2.24) is 0 Å². The minimum absolute atomic E-state index is 0.120. The highest BCUT2D eigenvalue weighted by Gasteiger charge is 2.19. The zero-order valence-electron chi connectivity index (χ0n) is 12.3. The Hall–Kier alpha value is -0.660. The molecule has 0 N–H and O–H groups in total. The molecule has 0 aliphatic heterocycles. The molecule has 94 valence electrons. The molecule has 0 heterocycles. The van der Waals surface area contributed by atoms with E-state index in [-0.39, 0.29) is 10.8 Å². The van der Waals surface area contributed by atoms with Crippen LogP contribution in [0.25, 0.3) is 0 Å². The summed E-state index contributed by atoms with van der Waals surface area (Å²) in [6.45, 7) is 17.4. The largest absolute Gasteiger partial charge is 0.160 e. The lowest BCUT2D eigenvalue weighted by molar-refractivity contribution is 0.568. The summed E-state index contributed by atoms with van der Waals surface area (Å²) in [5, 5.41) is 8.91. The molecule has 2 nitrogen and oxygen atoms in total. The SMILES string of the molecule is CC/C(=N/N=C(\CC)C(C)(C)C)C(C)(C)C. The first-order chi connectivity index (χ1) is 7.12. The Bertz CT molecular complexity index is 242. The molecule has 0 amide bonds. The van der Waals surface area contributed by atoms with Crippen molar-refractivity contribution in [2.75, 3.05) is 0 Å². The van der Waals surface area contributed by atoms with Crippen molar-refractivity contribution in [2.24, 2.45) is 21.0 Å². The Morgan fingerprint density at radius 1 is 0.688 bits per heavy atom. The number of rotatable bonds is 3. The summed E-state index contributed by atoms with van der Waals surface area (Å²) in [7, 11) is 0. The Morgan fingerprint density at radius 3 is 1.06 bits per heavy atom. The van der Waals surface area contributed by atoms with Crippen LogP contribution in [0, 0.1) is 10.8 Å². The van der Waals surface area contributed by atoms with Crippen LogP contribution in [0.2, 0.25) is 0 Å². The molecule has 0 saturated heterocycles. The van der Waals surface area contributed by atoms with Crippen molar-refractivity contribution in [3.8, 4) is 0 Å². The first-order valence-corrected chi connectivity index (χ1v) is 6.27. The minimum Gasteiger partial charge on any atom is -0.160 e. The lowest BCUT2D eigenvalue weighted by Gasteiger charge is -2.21. The molecule has 0 aromatic rings. The van der Waals surface area contributed by atoms with Crippen LogP contribution in [0.1, 0.15) is 68.2 Å². The van der Waals surface area contributed by atoms with Gasteiger partial charge in [0.05, 0.1) is 0 Å². The number of hydrogen-bond acceptors (Lipinski definition) is 2. The van der Waals surface area contributed by atoms with Crippen LogP contribution in [0.4, 0.5) is 0 Å². The van der Waals surface area contributed by atoms with Crippen LogP contribution in [0.5, 0.6) is 0 Å². The Balaban J connectivity index is 5.08. The molecule has 0 aromatic heterocycles. The summed E-state index contributed by atoms with van der Waals surface area (Å²) in [6, 6.07) is 0. The van der Waals surface area contributed by atoms with Crippen molar-refractivity contribution in [1.29, 1.82) is 0 Å². The maximum Gasteiger partial charge on any atom is 0.0456 e. The van der Waals surface area contributed by atoms with E-state index in [0.717, 1.165) is 12.8 Å². The predicted octanol–water partition coefficient (Wildman–Crippen LogP) is 4.70. The van der Waals surface area contributed by atoms with E-state index in [1.807, 2.05) is 0 Å². The van der Waals surface area contributed by atoms with E-state index in [4.69, 9.17) is 0 Å². The second-order valence-corrected chi connectivity index (χ2v) is 6.30. The van der Waals surface area contributed by atoms with Gasteiger partial charge in [-0.05, 0) is 12.8 Å². The van der Waals surface area contributed by atoms with Crippen LogP contribution in [0.15, 0.2) is 10.2 Å². The van der Waals surface area contributed by atoms with Crippen LogP contribution < -0.4 is 0 Å². The molecule has 0 rings (SSSR count). The lowest BCUT2D eigenvalue weighted by atomic mass is 9.88. The molecular weight excluding hydrogens is 196 g/mol. The third-order valence-electron chi connectivity index (χ3n) is 2.69. The van der Waals surface area contributed by atoms with Gasteiger partial charge in [0.25, 0.3) is 0 Å². The molecule has 0 spiro atoms. The van der Waals surface area contributed by atoms with E-state index >= 15 is 0 Å². The van der Waals surface area contributed by atoms with E-state index < -0.39 is 0 Å². The quantitative estimate of drug-likeness (QED) is 0.490. The van der Waals surface area contributed by atoms with E-state index in [9.17, 15) is 0 Å². The van der Waals surface area contributed by atoms with Gasteiger partial charge in [0.15, 0.2) is 0 Å². The van der Waals surface area contributed by atoms with Crippen molar-refractivity contribution < 1.29 is 0 Å². The molecule has 0 aromatic carbocycles. The molecule has 0 saturated carbocycles. The Labute approximate surface area is 101 Å². The van der Waals surface area contributed by atoms with Gasteiger partial charge in [0.1, 0.15) is 0 Å². The fraction of sp³-hybridized carbons (Fsp3) is 0.857. The van der Waals surface area contributed by atoms with Crippen LogP contribution in [-0.4, -0.2) is 11.4 Å². The molecular formula is C14H28N2. The average molecular weight is 224 g/mol. The maximum atomic E-state index is 4.46. The van der Waals surface area contributed by atoms with E-state index in [0.29, 0.717) is 0 Å².